The van der Waals surface area contributed by atoms with Crippen molar-refractivity contribution in [2.45, 2.75) is 20.5 Å². The fraction of sp³-hybridized carbons (Fsp3) is 0.143. The molecule has 3 N–H and O–H groups in total. The summed E-state index contributed by atoms with van der Waals surface area (Å²) >= 11 is 3.21. The highest BCUT2D eigenvalue weighted by molar-refractivity contribution is 9.10. The average Bonchev–Trinajstić information content (AvgIpc) is 2.71. The fourth-order valence-corrected chi connectivity index (χ4v) is 3.43. The lowest BCUT2D eigenvalue weighted by atomic mass is 9.96. The summed E-state index contributed by atoms with van der Waals surface area (Å²) < 4.78 is 33.0. The van der Waals surface area contributed by atoms with Gasteiger partial charge in [-0.25, -0.2) is 14.3 Å². The van der Waals surface area contributed by atoms with Crippen molar-refractivity contribution in [3.05, 3.63) is 85.2 Å². The van der Waals surface area contributed by atoms with Gasteiger partial charge in [-0.15, -0.1) is 0 Å². The van der Waals surface area contributed by atoms with E-state index in [1.807, 2.05) is 0 Å². The first-order valence-electron chi connectivity index (χ1n) is 8.77. The number of H-pyrrole nitrogens is 1. The molecule has 0 aliphatic carbocycles. The Morgan fingerprint density at radius 1 is 1.20 bits per heavy atom. The summed E-state index contributed by atoms with van der Waals surface area (Å²) in [5.41, 5.74) is 3.70. The number of benzene rings is 2. The van der Waals surface area contributed by atoms with E-state index in [-0.39, 0.29) is 28.0 Å². The van der Waals surface area contributed by atoms with Crippen LogP contribution in [0, 0.1) is 25.5 Å². The van der Waals surface area contributed by atoms with Crippen LogP contribution in [0.4, 0.5) is 8.78 Å². The standard InChI is InChI=1S/C21H17BrF2N2O4/c1-10-3-4-12(20(27)26-29)7-15(10)17-11(2)25-21(28)18(22)19(17)30-9-13-5-6-14(23)8-16(13)24/h3-8,29H,9H2,1-2H3,(H,25,28)(H,26,27). The zero-order valence-electron chi connectivity index (χ0n) is 16.0. The van der Waals surface area contributed by atoms with Gasteiger partial charge in [0, 0.05) is 28.5 Å². The predicted molar refractivity (Wildman–Crippen MR) is 110 cm³/mol. The number of ether oxygens (including phenoxy) is 1. The third kappa shape index (κ3) is 4.27. The Hall–Kier alpha value is -3.04. The number of aromatic nitrogens is 1. The molecule has 0 unspecified atom stereocenters. The molecule has 3 rings (SSSR count). The molecule has 1 heterocycles. The van der Waals surface area contributed by atoms with Crippen LogP contribution in [0.1, 0.15) is 27.2 Å². The minimum Gasteiger partial charge on any atom is -0.487 e. The molecule has 0 saturated heterocycles. The van der Waals surface area contributed by atoms with Gasteiger partial charge in [0.25, 0.3) is 11.5 Å². The van der Waals surface area contributed by atoms with Gasteiger partial charge in [-0.3, -0.25) is 14.8 Å². The summed E-state index contributed by atoms with van der Waals surface area (Å²) in [5, 5.41) is 8.92. The van der Waals surface area contributed by atoms with E-state index >= 15 is 0 Å². The van der Waals surface area contributed by atoms with Crippen LogP contribution in [0.2, 0.25) is 0 Å². The molecule has 0 atom stereocenters. The maximum atomic E-state index is 14.0. The van der Waals surface area contributed by atoms with Gasteiger partial charge in [0.15, 0.2) is 0 Å². The van der Waals surface area contributed by atoms with Gasteiger partial charge in [0.2, 0.25) is 0 Å². The smallest absolute Gasteiger partial charge is 0.274 e. The van der Waals surface area contributed by atoms with Gasteiger partial charge in [-0.05, 0) is 65.2 Å². The first-order chi connectivity index (χ1) is 14.2. The zero-order valence-corrected chi connectivity index (χ0v) is 17.6. The summed E-state index contributed by atoms with van der Waals surface area (Å²) in [6.07, 6.45) is 0. The number of hydroxylamine groups is 1. The predicted octanol–water partition coefficient (Wildman–Crippen LogP) is 4.40. The van der Waals surface area contributed by atoms with Gasteiger partial charge in [0.05, 0.1) is 0 Å². The molecular weight excluding hydrogens is 462 g/mol. The number of amides is 1. The molecule has 3 aromatic rings. The summed E-state index contributed by atoms with van der Waals surface area (Å²) in [4.78, 5) is 26.8. The third-order valence-corrected chi connectivity index (χ3v) is 5.28. The molecule has 156 valence electrons. The number of pyridine rings is 1. The van der Waals surface area contributed by atoms with Crippen LogP contribution < -0.4 is 15.8 Å². The highest BCUT2D eigenvalue weighted by Crippen LogP contribution is 2.38. The molecule has 2 aromatic carbocycles. The van der Waals surface area contributed by atoms with Crippen molar-refractivity contribution in [3.63, 3.8) is 0 Å². The van der Waals surface area contributed by atoms with Crippen LogP contribution in [0.5, 0.6) is 5.75 Å². The maximum absolute atomic E-state index is 14.0. The zero-order chi connectivity index (χ0) is 22.0. The molecule has 0 aliphatic heterocycles. The largest absolute Gasteiger partial charge is 0.487 e. The molecule has 0 spiro atoms. The van der Waals surface area contributed by atoms with Crippen LogP contribution in [-0.4, -0.2) is 16.1 Å². The van der Waals surface area contributed by atoms with Crippen LogP contribution in [-0.2, 0) is 6.61 Å². The van der Waals surface area contributed by atoms with Crippen molar-refractivity contribution in [1.29, 1.82) is 0 Å². The lowest BCUT2D eigenvalue weighted by molar-refractivity contribution is 0.0706. The minimum atomic E-state index is -0.771. The quantitative estimate of drug-likeness (QED) is 0.374. The Bertz CT molecular complexity index is 1190. The molecule has 0 aliphatic rings. The number of nitrogens with one attached hydrogen (secondary N) is 2. The monoisotopic (exact) mass is 478 g/mol. The van der Waals surface area contributed by atoms with E-state index in [0.29, 0.717) is 16.8 Å². The Morgan fingerprint density at radius 2 is 1.93 bits per heavy atom. The summed E-state index contributed by atoms with van der Waals surface area (Å²) in [5.74, 6) is -2.04. The van der Waals surface area contributed by atoms with Crippen LogP contribution in [0.25, 0.3) is 11.1 Å². The first kappa shape index (κ1) is 21.7. The number of aryl methyl sites for hydroxylation is 2. The highest BCUT2D eigenvalue weighted by atomic mass is 79.9. The summed E-state index contributed by atoms with van der Waals surface area (Å²) in [7, 11) is 0. The molecule has 1 amide bonds. The van der Waals surface area contributed by atoms with E-state index < -0.39 is 23.1 Å². The number of carbonyl (C=O) groups is 1. The maximum Gasteiger partial charge on any atom is 0.274 e. The minimum absolute atomic E-state index is 0.0852. The van der Waals surface area contributed by atoms with Gasteiger partial charge >= 0.3 is 0 Å². The van der Waals surface area contributed by atoms with E-state index in [2.05, 4.69) is 20.9 Å². The number of halogens is 3. The van der Waals surface area contributed by atoms with Crippen molar-refractivity contribution in [2.75, 3.05) is 0 Å². The third-order valence-electron chi connectivity index (χ3n) is 4.56. The van der Waals surface area contributed by atoms with E-state index in [4.69, 9.17) is 9.94 Å². The van der Waals surface area contributed by atoms with Gasteiger partial charge in [0.1, 0.15) is 28.5 Å². The van der Waals surface area contributed by atoms with Crippen LogP contribution in [0.15, 0.2) is 45.7 Å². The second-order valence-corrected chi connectivity index (χ2v) is 7.39. The molecular formula is C21H17BrF2N2O4. The van der Waals surface area contributed by atoms with Crippen molar-refractivity contribution < 1.29 is 23.5 Å². The normalized spacial score (nSPS) is 10.7. The molecule has 0 radical (unpaired) electrons. The second kappa shape index (κ2) is 8.76. The lowest BCUT2D eigenvalue weighted by Crippen LogP contribution is -2.19. The van der Waals surface area contributed by atoms with Crippen molar-refractivity contribution in [3.8, 4) is 16.9 Å². The van der Waals surface area contributed by atoms with Crippen LogP contribution >= 0.6 is 15.9 Å². The summed E-state index contributed by atoms with van der Waals surface area (Å²) in [6, 6.07) is 7.88. The number of aromatic amines is 1. The van der Waals surface area contributed by atoms with Gasteiger partial charge < -0.3 is 9.72 Å². The fourth-order valence-electron chi connectivity index (χ4n) is 3.02. The Balaban J connectivity index is 2.13. The van der Waals surface area contributed by atoms with Crippen molar-refractivity contribution >= 4 is 21.8 Å². The number of carbonyl (C=O) groups excluding carboxylic acids is 1. The molecule has 9 heteroatoms. The molecule has 0 bridgehead atoms. The Labute approximate surface area is 178 Å². The SMILES string of the molecule is Cc1ccc(C(=O)NO)cc1-c1c(C)[nH]c(=O)c(Br)c1OCc1ccc(F)cc1F. The van der Waals surface area contributed by atoms with E-state index in [1.54, 1.807) is 31.5 Å². The average molecular weight is 479 g/mol. The molecule has 1 aromatic heterocycles. The van der Waals surface area contributed by atoms with Crippen LogP contribution in [0.3, 0.4) is 0 Å². The van der Waals surface area contributed by atoms with E-state index in [0.717, 1.165) is 17.7 Å². The van der Waals surface area contributed by atoms with Gasteiger partial charge in [-0.2, -0.15) is 0 Å². The number of hydrogen-bond acceptors (Lipinski definition) is 4. The molecule has 30 heavy (non-hydrogen) atoms. The van der Waals surface area contributed by atoms with Crippen molar-refractivity contribution in [2.24, 2.45) is 0 Å². The van der Waals surface area contributed by atoms with E-state index in [1.165, 1.54) is 12.1 Å². The number of rotatable bonds is 5. The second-order valence-electron chi connectivity index (χ2n) is 6.59. The first-order valence-corrected chi connectivity index (χ1v) is 9.56. The van der Waals surface area contributed by atoms with Gasteiger partial charge in [-0.1, -0.05) is 6.07 Å². The molecule has 0 fully saturated rings. The van der Waals surface area contributed by atoms with E-state index in [9.17, 15) is 18.4 Å². The topological polar surface area (TPSA) is 91.4 Å². The summed E-state index contributed by atoms with van der Waals surface area (Å²) in [6.45, 7) is 3.21. The number of hydrogen-bond donors (Lipinski definition) is 3. The Kier molecular flexibility index (Phi) is 6.33. The molecule has 6 nitrogen and oxygen atoms in total. The highest BCUT2D eigenvalue weighted by Gasteiger charge is 2.20. The molecule has 0 saturated carbocycles. The van der Waals surface area contributed by atoms with Crippen molar-refractivity contribution in [1.82, 2.24) is 10.5 Å². The Morgan fingerprint density at radius 3 is 2.60 bits per heavy atom. The lowest BCUT2D eigenvalue weighted by Gasteiger charge is -2.18.